The summed E-state index contributed by atoms with van der Waals surface area (Å²) in [5.41, 5.74) is 5.10. The van der Waals surface area contributed by atoms with Crippen LogP contribution >= 0.6 is 11.6 Å². The van der Waals surface area contributed by atoms with Gasteiger partial charge in [0.1, 0.15) is 5.75 Å². The van der Waals surface area contributed by atoms with Crippen LogP contribution in [-0.2, 0) is 4.65 Å². The number of phenolic OH excluding ortho intramolecular Hbond substituents is 1. The lowest BCUT2D eigenvalue weighted by Gasteiger charge is -2.46. The molecule has 5 nitrogen and oxygen atoms in total. The van der Waals surface area contributed by atoms with Gasteiger partial charge in [0, 0.05) is 23.0 Å². The SMILES string of the molecule is CC1=C2[C@@H](CC/C(C)=C/c3ccc(O)cc3Cl)OB(O)C[C@@H]2[C@@H]2C(=O)c3ccccc3C(=O)[C@@H]2C1. The van der Waals surface area contributed by atoms with Gasteiger partial charge in [-0.25, -0.2) is 0 Å². The number of Topliss-reactive ketones (excluding diaryl/α,β-unsaturated/α-hetero) is 2. The van der Waals surface area contributed by atoms with Gasteiger partial charge in [-0.15, -0.1) is 0 Å². The van der Waals surface area contributed by atoms with Crippen LogP contribution < -0.4 is 0 Å². The number of fused-ring (bicyclic) bond motifs is 4. The Balaban J connectivity index is 1.41. The van der Waals surface area contributed by atoms with Gasteiger partial charge in [-0.05, 0) is 74.7 Å². The number of hydrogen-bond donors (Lipinski definition) is 2. The summed E-state index contributed by atoms with van der Waals surface area (Å²) in [7, 11) is -0.976. The molecule has 2 aromatic rings. The van der Waals surface area contributed by atoms with Crippen molar-refractivity contribution < 1.29 is 24.4 Å². The van der Waals surface area contributed by atoms with E-state index in [-0.39, 0.29) is 35.3 Å². The molecule has 1 saturated heterocycles. The lowest BCUT2D eigenvalue weighted by atomic mass is 9.54. The van der Waals surface area contributed by atoms with Gasteiger partial charge in [0.25, 0.3) is 0 Å². The molecule has 180 valence electrons. The van der Waals surface area contributed by atoms with Crippen molar-refractivity contribution in [3.8, 4) is 5.75 Å². The minimum atomic E-state index is -0.976. The van der Waals surface area contributed by atoms with Gasteiger partial charge in [0.2, 0.25) is 0 Å². The van der Waals surface area contributed by atoms with Crippen molar-refractivity contribution in [1.82, 2.24) is 0 Å². The lowest BCUT2D eigenvalue weighted by Crippen LogP contribution is -2.50. The Morgan fingerprint density at radius 1 is 1.14 bits per heavy atom. The Morgan fingerprint density at radius 3 is 2.57 bits per heavy atom. The summed E-state index contributed by atoms with van der Waals surface area (Å²) in [6, 6.07) is 12.0. The Morgan fingerprint density at radius 2 is 1.86 bits per heavy atom. The molecule has 5 rings (SSSR count). The second-order valence-corrected chi connectivity index (χ2v) is 10.4. The molecule has 2 aromatic carbocycles. The molecular formula is C28H28BClO5. The Labute approximate surface area is 210 Å². The number of halogens is 1. The highest BCUT2D eigenvalue weighted by Crippen LogP contribution is 2.50. The van der Waals surface area contributed by atoms with Crippen molar-refractivity contribution in [2.45, 2.75) is 45.5 Å². The van der Waals surface area contributed by atoms with E-state index in [9.17, 15) is 19.7 Å². The fourth-order valence-corrected chi connectivity index (χ4v) is 6.38. The first kappa shape index (κ1) is 24.0. The standard InChI is InChI=1S/C28H28BClO5/c1-15(11-17-8-9-18(31)13-23(17)30)7-10-24-25-16(2)12-21-26(22(25)14-29(34)35-24)28(33)20-6-4-3-5-19(20)27(21)32/h3-6,8-9,11,13,21-22,24,26,31,34H,7,10,12,14H2,1-2H3/b15-11+/t21-,22+,24-,26-/m1/s1. The zero-order chi connectivity index (χ0) is 24.9. The van der Waals surface area contributed by atoms with Crippen LogP contribution in [0.2, 0.25) is 11.3 Å². The Hall–Kier alpha value is -2.67. The summed E-state index contributed by atoms with van der Waals surface area (Å²) < 4.78 is 5.99. The molecule has 0 spiro atoms. The maximum atomic E-state index is 13.6. The highest BCUT2D eigenvalue weighted by atomic mass is 35.5. The summed E-state index contributed by atoms with van der Waals surface area (Å²) >= 11 is 6.25. The highest BCUT2D eigenvalue weighted by molar-refractivity contribution is 6.43. The van der Waals surface area contributed by atoms with Crippen molar-refractivity contribution >= 4 is 36.4 Å². The number of benzene rings is 2. The number of rotatable bonds is 4. The molecule has 35 heavy (non-hydrogen) atoms. The summed E-state index contributed by atoms with van der Waals surface area (Å²) in [5.74, 6) is -0.878. The van der Waals surface area contributed by atoms with E-state index in [1.54, 1.807) is 36.4 Å². The smallest absolute Gasteiger partial charge is 0.455 e. The fourth-order valence-electron chi connectivity index (χ4n) is 6.15. The van der Waals surface area contributed by atoms with E-state index >= 15 is 0 Å². The average Bonchev–Trinajstić information content (AvgIpc) is 2.82. The minimum absolute atomic E-state index is 0.00565. The summed E-state index contributed by atoms with van der Waals surface area (Å²) in [6.07, 6.45) is 3.89. The van der Waals surface area contributed by atoms with Crippen LogP contribution in [0, 0.1) is 17.8 Å². The van der Waals surface area contributed by atoms with E-state index in [1.165, 1.54) is 6.07 Å². The van der Waals surface area contributed by atoms with Crippen LogP contribution in [0.15, 0.2) is 59.2 Å². The topological polar surface area (TPSA) is 83.8 Å². The molecule has 3 aliphatic rings. The van der Waals surface area contributed by atoms with Gasteiger partial charge in [-0.1, -0.05) is 53.1 Å². The third kappa shape index (κ3) is 4.39. The predicted octanol–water partition coefficient (Wildman–Crippen LogP) is 5.76. The fraction of sp³-hybridized carbons (Fsp3) is 0.357. The number of carbonyl (C=O) groups is 2. The second kappa shape index (κ2) is 9.42. The molecule has 0 unspecified atom stereocenters. The minimum Gasteiger partial charge on any atom is -0.508 e. The zero-order valence-corrected chi connectivity index (χ0v) is 20.6. The van der Waals surface area contributed by atoms with Crippen LogP contribution in [-0.4, -0.2) is 34.9 Å². The zero-order valence-electron chi connectivity index (χ0n) is 19.8. The van der Waals surface area contributed by atoms with Crippen molar-refractivity contribution in [1.29, 1.82) is 0 Å². The number of carbonyl (C=O) groups excluding carboxylic acids is 2. The summed E-state index contributed by atoms with van der Waals surface area (Å²) in [6.45, 7) is 4.04. The second-order valence-electron chi connectivity index (χ2n) is 10.0. The molecule has 0 amide bonds. The molecule has 0 bridgehead atoms. The van der Waals surface area contributed by atoms with Gasteiger partial charge in [-0.3, -0.25) is 9.59 Å². The molecule has 7 heteroatoms. The van der Waals surface area contributed by atoms with E-state index in [0.717, 1.165) is 22.3 Å². The summed E-state index contributed by atoms with van der Waals surface area (Å²) in [5, 5.41) is 20.7. The third-order valence-electron chi connectivity index (χ3n) is 7.69. The number of aromatic hydroxyl groups is 1. The number of allylic oxidation sites excluding steroid dienone is 2. The molecule has 1 aliphatic heterocycles. The Bertz CT molecular complexity index is 1270. The maximum Gasteiger partial charge on any atom is 0.455 e. The van der Waals surface area contributed by atoms with Crippen LogP contribution in [0.4, 0.5) is 0 Å². The molecule has 2 aliphatic carbocycles. The third-order valence-corrected chi connectivity index (χ3v) is 8.02. The average molecular weight is 491 g/mol. The first-order chi connectivity index (χ1) is 16.7. The quantitative estimate of drug-likeness (QED) is 0.421. The maximum absolute atomic E-state index is 13.6. The highest BCUT2D eigenvalue weighted by Gasteiger charge is 2.52. The monoisotopic (exact) mass is 490 g/mol. The molecule has 0 aromatic heterocycles. The van der Waals surface area contributed by atoms with Gasteiger partial charge in [-0.2, -0.15) is 0 Å². The van der Waals surface area contributed by atoms with E-state index in [4.69, 9.17) is 16.3 Å². The molecule has 2 N–H and O–H groups in total. The molecule has 1 heterocycles. The predicted molar refractivity (Wildman–Crippen MR) is 137 cm³/mol. The lowest BCUT2D eigenvalue weighted by molar-refractivity contribution is 0.0601. The van der Waals surface area contributed by atoms with Gasteiger partial charge >= 0.3 is 7.12 Å². The van der Waals surface area contributed by atoms with Gasteiger partial charge in [0.05, 0.1) is 11.1 Å². The number of phenols is 1. The molecular weight excluding hydrogens is 463 g/mol. The largest absolute Gasteiger partial charge is 0.508 e. The molecule has 1 fully saturated rings. The van der Waals surface area contributed by atoms with Crippen molar-refractivity contribution in [3.63, 3.8) is 0 Å². The van der Waals surface area contributed by atoms with Crippen molar-refractivity contribution in [3.05, 3.63) is 80.9 Å². The normalized spacial score (nSPS) is 26.4. The Kier molecular flexibility index (Phi) is 6.47. The molecule has 4 atom stereocenters. The van der Waals surface area contributed by atoms with Crippen molar-refractivity contribution in [2.24, 2.45) is 17.8 Å². The van der Waals surface area contributed by atoms with Crippen LogP contribution in [0.1, 0.15) is 59.4 Å². The van der Waals surface area contributed by atoms with E-state index in [0.29, 0.717) is 41.7 Å². The van der Waals surface area contributed by atoms with E-state index in [2.05, 4.69) is 0 Å². The first-order valence-electron chi connectivity index (χ1n) is 12.1. The first-order valence-corrected chi connectivity index (χ1v) is 12.5. The van der Waals surface area contributed by atoms with Gasteiger partial charge < -0.3 is 14.8 Å². The number of ketones is 2. The molecule has 0 radical (unpaired) electrons. The van der Waals surface area contributed by atoms with E-state index in [1.807, 2.05) is 19.9 Å². The van der Waals surface area contributed by atoms with Crippen LogP contribution in [0.3, 0.4) is 0 Å². The van der Waals surface area contributed by atoms with Crippen LogP contribution in [0.5, 0.6) is 5.75 Å². The number of hydrogen-bond acceptors (Lipinski definition) is 5. The van der Waals surface area contributed by atoms with Crippen molar-refractivity contribution in [2.75, 3.05) is 0 Å². The van der Waals surface area contributed by atoms with Gasteiger partial charge in [0.15, 0.2) is 11.6 Å². The van der Waals surface area contributed by atoms with Crippen LogP contribution in [0.25, 0.3) is 6.08 Å². The van der Waals surface area contributed by atoms with E-state index < -0.39 is 13.0 Å². The molecule has 0 saturated carbocycles. The summed E-state index contributed by atoms with van der Waals surface area (Å²) in [4.78, 5) is 26.9.